The minimum Gasteiger partial charge on any atom is -0.287 e. The number of carbonyl (C=O) groups excluding carboxylic acids is 2. The largest absolute Gasteiger partial charge is 0.287 e. The van der Waals surface area contributed by atoms with E-state index in [-0.39, 0.29) is 23.0 Å². The molecule has 0 N–H and O–H groups in total. The van der Waals surface area contributed by atoms with Crippen LogP contribution in [0.15, 0.2) is 22.3 Å². The smallest absolute Gasteiger partial charge is 0.210 e. The van der Waals surface area contributed by atoms with Gasteiger partial charge < -0.3 is 0 Å². The number of aryl methyl sites for hydroxylation is 2. The van der Waals surface area contributed by atoms with Crippen LogP contribution in [0.5, 0.6) is 0 Å². The third kappa shape index (κ3) is 1.68. The summed E-state index contributed by atoms with van der Waals surface area (Å²) in [6.07, 6.45) is 1.11. The Hall–Kier alpha value is -2.10. The maximum atomic E-state index is 12.6. The van der Waals surface area contributed by atoms with Crippen LogP contribution >= 0.6 is 0 Å². The molecule has 1 heterocycles. The molecule has 0 spiro atoms. The van der Waals surface area contributed by atoms with Gasteiger partial charge in [0.25, 0.3) is 0 Å². The van der Waals surface area contributed by atoms with Crippen LogP contribution in [0.2, 0.25) is 0 Å². The Bertz CT molecular complexity index is 678. The minimum absolute atomic E-state index is 0.128. The number of rotatable bonds is 0. The highest BCUT2D eigenvalue weighted by atomic mass is 16.1. The fourth-order valence-electron chi connectivity index (χ4n) is 2.69. The molecular weight excluding hydrogens is 252 g/mol. The van der Waals surface area contributed by atoms with Gasteiger partial charge in [-0.3, -0.25) is 9.59 Å². The zero-order valence-corrected chi connectivity index (χ0v) is 12.1. The Morgan fingerprint density at radius 2 is 1.05 bits per heavy atom. The van der Waals surface area contributed by atoms with E-state index in [1.807, 2.05) is 13.8 Å². The van der Waals surface area contributed by atoms with Crippen LogP contribution in [-0.2, 0) is 0 Å². The molecule has 4 heteroatoms. The number of allylic oxidation sites excluding steroid dienone is 4. The van der Waals surface area contributed by atoms with E-state index >= 15 is 0 Å². The number of hydrogen-bond donors (Lipinski definition) is 0. The van der Waals surface area contributed by atoms with E-state index in [4.69, 9.17) is 0 Å². The second kappa shape index (κ2) is 4.20. The first-order chi connectivity index (χ1) is 9.40. The normalized spacial score (nSPS) is 18.4. The zero-order chi connectivity index (χ0) is 14.6. The van der Waals surface area contributed by atoms with Gasteiger partial charge in [0.15, 0.2) is 0 Å². The van der Waals surface area contributed by atoms with Gasteiger partial charge in [0, 0.05) is 11.1 Å². The topological polar surface area (TPSA) is 59.9 Å². The van der Waals surface area contributed by atoms with Crippen LogP contribution in [0, 0.1) is 13.8 Å². The third-order valence-corrected chi connectivity index (χ3v) is 4.26. The van der Waals surface area contributed by atoms with Gasteiger partial charge in [0.2, 0.25) is 11.6 Å². The molecule has 102 valence electrons. The zero-order valence-electron chi connectivity index (χ0n) is 12.1. The highest BCUT2D eigenvalue weighted by molar-refractivity contribution is 6.25. The average Bonchev–Trinajstić information content (AvgIpc) is 2.41. The molecule has 0 unspecified atom stereocenters. The van der Waals surface area contributed by atoms with E-state index in [2.05, 4.69) is 9.97 Å². The molecule has 2 aliphatic rings. The highest BCUT2D eigenvalue weighted by Crippen LogP contribution is 2.36. The number of aromatic nitrogens is 2. The second-order valence-electron chi connectivity index (χ2n) is 5.62. The van der Waals surface area contributed by atoms with Gasteiger partial charge >= 0.3 is 0 Å². The maximum absolute atomic E-state index is 12.6. The molecule has 0 amide bonds. The summed E-state index contributed by atoms with van der Waals surface area (Å²) < 4.78 is 0. The summed E-state index contributed by atoms with van der Waals surface area (Å²) in [7, 11) is 0. The Balaban J connectivity index is 2.19. The van der Waals surface area contributed by atoms with E-state index < -0.39 is 0 Å². The molecular formula is C16H16N2O2. The predicted octanol–water partition coefficient (Wildman–Crippen LogP) is 2.90. The van der Waals surface area contributed by atoms with Gasteiger partial charge in [0.1, 0.15) is 11.4 Å². The lowest BCUT2D eigenvalue weighted by molar-refractivity contribution is 0.0961. The van der Waals surface area contributed by atoms with Crippen molar-refractivity contribution in [2.24, 2.45) is 0 Å². The number of hydrogen-bond acceptors (Lipinski definition) is 4. The van der Waals surface area contributed by atoms with Gasteiger partial charge in [-0.25, -0.2) is 9.97 Å². The van der Waals surface area contributed by atoms with Crippen molar-refractivity contribution in [3.63, 3.8) is 0 Å². The van der Waals surface area contributed by atoms with Crippen LogP contribution in [0.4, 0.5) is 0 Å². The summed E-state index contributed by atoms with van der Waals surface area (Å²) >= 11 is 0. The van der Waals surface area contributed by atoms with Crippen LogP contribution in [0.3, 0.4) is 0 Å². The average molecular weight is 268 g/mol. The van der Waals surface area contributed by atoms with E-state index in [1.54, 1.807) is 13.8 Å². The lowest BCUT2D eigenvalue weighted by atomic mass is 9.78. The second-order valence-corrected chi connectivity index (χ2v) is 5.62. The van der Waals surface area contributed by atoms with Crippen molar-refractivity contribution in [2.45, 2.75) is 40.5 Å². The van der Waals surface area contributed by atoms with Crippen molar-refractivity contribution in [3.8, 4) is 0 Å². The van der Waals surface area contributed by atoms with Gasteiger partial charge in [0.05, 0.1) is 11.4 Å². The van der Waals surface area contributed by atoms with Crippen LogP contribution in [-0.4, -0.2) is 21.5 Å². The molecule has 20 heavy (non-hydrogen) atoms. The van der Waals surface area contributed by atoms with E-state index in [1.165, 1.54) is 11.1 Å². The monoisotopic (exact) mass is 268 g/mol. The van der Waals surface area contributed by atoms with Gasteiger partial charge in [-0.15, -0.1) is 0 Å². The number of nitrogens with zero attached hydrogens (tertiary/aromatic N) is 2. The fourth-order valence-corrected chi connectivity index (χ4v) is 2.69. The summed E-state index contributed by atoms with van der Waals surface area (Å²) in [4.78, 5) is 33.7. The Kier molecular flexibility index (Phi) is 2.71. The highest BCUT2D eigenvalue weighted by Gasteiger charge is 2.36. The summed E-state index contributed by atoms with van der Waals surface area (Å²) in [5.41, 5.74) is 5.43. The molecule has 4 nitrogen and oxygen atoms in total. The SMILES string of the molecule is CC1=C(C)CC2=C(C1)C(=O)c1nc(C)c(C)nc1C2=O. The van der Waals surface area contributed by atoms with Crippen molar-refractivity contribution in [2.75, 3.05) is 0 Å². The molecule has 1 aromatic rings. The van der Waals surface area contributed by atoms with E-state index in [0.717, 1.165) is 0 Å². The fraction of sp³-hybridized carbons (Fsp3) is 0.375. The number of carbonyl (C=O) groups is 2. The van der Waals surface area contributed by atoms with Crippen molar-refractivity contribution in [1.29, 1.82) is 0 Å². The standard InChI is InChI=1S/C16H16N2O2/c1-7-5-11-12(6-8(7)2)16(20)14-13(15(11)19)17-9(3)10(4)18-14/h5-6H2,1-4H3. The van der Waals surface area contributed by atoms with Crippen molar-refractivity contribution < 1.29 is 9.59 Å². The number of fused-ring (bicyclic) bond motifs is 1. The molecule has 0 atom stereocenters. The molecule has 0 saturated heterocycles. The first-order valence-corrected chi connectivity index (χ1v) is 6.72. The van der Waals surface area contributed by atoms with Crippen molar-refractivity contribution >= 4 is 11.6 Å². The Labute approximate surface area is 117 Å². The number of ketones is 2. The summed E-state index contributed by atoms with van der Waals surface area (Å²) in [6.45, 7) is 7.64. The Morgan fingerprint density at radius 3 is 1.40 bits per heavy atom. The summed E-state index contributed by atoms with van der Waals surface area (Å²) in [5, 5.41) is 0. The molecule has 0 aromatic carbocycles. The third-order valence-electron chi connectivity index (χ3n) is 4.26. The maximum Gasteiger partial charge on any atom is 0.210 e. The molecule has 3 rings (SSSR count). The van der Waals surface area contributed by atoms with Crippen LogP contribution in [0.1, 0.15) is 59.1 Å². The van der Waals surface area contributed by atoms with Crippen molar-refractivity contribution in [3.05, 3.63) is 45.1 Å². The molecule has 0 radical (unpaired) electrons. The molecule has 0 bridgehead atoms. The van der Waals surface area contributed by atoms with E-state index in [0.29, 0.717) is 35.4 Å². The summed E-state index contributed by atoms with van der Waals surface area (Å²) in [6, 6.07) is 0. The first-order valence-electron chi connectivity index (χ1n) is 6.72. The van der Waals surface area contributed by atoms with Crippen molar-refractivity contribution in [1.82, 2.24) is 9.97 Å². The van der Waals surface area contributed by atoms with Crippen LogP contribution < -0.4 is 0 Å². The lowest BCUT2D eigenvalue weighted by Crippen LogP contribution is -2.28. The first kappa shape index (κ1) is 12.9. The van der Waals surface area contributed by atoms with E-state index in [9.17, 15) is 9.59 Å². The van der Waals surface area contributed by atoms with Gasteiger partial charge in [-0.2, -0.15) is 0 Å². The predicted molar refractivity (Wildman–Crippen MR) is 74.8 cm³/mol. The molecule has 0 saturated carbocycles. The molecule has 1 aromatic heterocycles. The summed E-state index contributed by atoms with van der Waals surface area (Å²) in [5.74, 6) is -0.255. The molecule has 0 fully saturated rings. The van der Waals surface area contributed by atoms with Crippen LogP contribution in [0.25, 0.3) is 0 Å². The van der Waals surface area contributed by atoms with Gasteiger partial charge in [-0.05, 0) is 40.5 Å². The van der Waals surface area contributed by atoms with Gasteiger partial charge in [-0.1, -0.05) is 11.1 Å². The minimum atomic E-state index is -0.128. The molecule has 2 aliphatic carbocycles. The molecule has 0 aliphatic heterocycles. The quantitative estimate of drug-likeness (QED) is 0.679. The Morgan fingerprint density at radius 1 is 0.700 bits per heavy atom. The number of Topliss-reactive ketones (excluding diaryl/α,β-unsaturated/α-hetero) is 2. The lowest BCUT2D eigenvalue weighted by Gasteiger charge is -2.25.